The Morgan fingerprint density at radius 1 is 1.50 bits per heavy atom. The lowest BCUT2D eigenvalue weighted by atomic mass is 9.87. The molecule has 1 aliphatic rings. The summed E-state index contributed by atoms with van der Waals surface area (Å²) in [5, 5.41) is 3.01. The monoisotopic (exact) mass is 218 g/mol. The summed E-state index contributed by atoms with van der Waals surface area (Å²) in [6.07, 6.45) is 3.25. The molecule has 0 aliphatic heterocycles. The lowest BCUT2D eigenvalue weighted by molar-refractivity contribution is -0.122. The Hall–Kier alpha value is -1.35. The first-order chi connectivity index (χ1) is 7.68. The van der Waals surface area contributed by atoms with Crippen LogP contribution >= 0.6 is 0 Å². The van der Waals surface area contributed by atoms with Crippen molar-refractivity contribution in [2.75, 3.05) is 0 Å². The molecule has 0 unspecified atom stereocenters. The van der Waals surface area contributed by atoms with Crippen LogP contribution in [0.25, 0.3) is 0 Å². The van der Waals surface area contributed by atoms with Gasteiger partial charge in [0.2, 0.25) is 5.91 Å². The maximum absolute atomic E-state index is 11.6. The molecule has 16 heavy (non-hydrogen) atoms. The van der Waals surface area contributed by atoms with Gasteiger partial charge >= 0.3 is 0 Å². The average molecular weight is 218 g/mol. The van der Waals surface area contributed by atoms with Gasteiger partial charge in [-0.1, -0.05) is 24.3 Å². The first-order valence-electron chi connectivity index (χ1n) is 5.82. The fourth-order valence-electron chi connectivity index (χ4n) is 2.21. The predicted molar refractivity (Wildman–Crippen MR) is 63.9 cm³/mol. The molecule has 0 bridgehead atoms. The number of fused-ring (bicyclic) bond motifs is 1. The van der Waals surface area contributed by atoms with E-state index in [2.05, 4.69) is 23.5 Å². The minimum Gasteiger partial charge on any atom is -0.348 e. The van der Waals surface area contributed by atoms with Crippen molar-refractivity contribution in [1.82, 2.24) is 5.32 Å². The van der Waals surface area contributed by atoms with Crippen LogP contribution in [0.4, 0.5) is 0 Å². The van der Waals surface area contributed by atoms with Gasteiger partial charge in [0, 0.05) is 0 Å². The molecule has 1 amide bonds. The van der Waals surface area contributed by atoms with Gasteiger partial charge in [-0.2, -0.15) is 0 Å². The molecule has 3 N–H and O–H groups in total. The molecular formula is C13H18N2O. The highest BCUT2D eigenvalue weighted by atomic mass is 16.2. The number of hydrogen-bond donors (Lipinski definition) is 2. The van der Waals surface area contributed by atoms with E-state index in [0.29, 0.717) is 0 Å². The molecule has 1 aliphatic carbocycles. The van der Waals surface area contributed by atoms with Gasteiger partial charge in [-0.15, -0.1) is 0 Å². The van der Waals surface area contributed by atoms with Crippen molar-refractivity contribution >= 4 is 5.91 Å². The van der Waals surface area contributed by atoms with E-state index in [1.54, 1.807) is 6.92 Å². The van der Waals surface area contributed by atoms with E-state index in [0.717, 1.165) is 19.3 Å². The minimum absolute atomic E-state index is 0.0679. The number of benzene rings is 1. The molecule has 86 valence electrons. The van der Waals surface area contributed by atoms with Crippen LogP contribution in [0, 0.1) is 0 Å². The molecule has 0 fully saturated rings. The van der Waals surface area contributed by atoms with Crippen LogP contribution in [-0.4, -0.2) is 11.9 Å². The summed E-state index contributed by atoms with van der Waals surface area (Å²) in [6, 6.07) is 8.02. The molecule has 0 aromatic heterocycles. The highest BCUT2D eigenvalue weighted by molar-refractivity contribution is 5.81. The Morgan fingerprint density at radius 3 is 3.00 bits per heavy atom. The molecule has 1 aromatic carbocycles. The number of carbonyl (C=O) groups is 1. The van der Waals surface area contributed by atoms with Gasteiger partial charge in [-0.25, -0.2) is 0 Å². The van der Waals surface area contributed by atoms with E-state index in [4.69, 9.17) is 5.73 Å². The molecule has 3 nitrogen and oxygen atoms in total. The Balaban J connectivity index is 2.16. The second-order valence-corrected chi connectivity index (χ2v) is 4.44. The van der Waals surface area contributed by atoms with Crippen LogP contribution < -0.4 is 11.1 Å². The third kappa shape index (κ3) is 2.25. The van der Waals surface area contributed by atoms with Gasteiger partial charge in [0.15, 0.2) is 0 Å². The molecule has 0 radical (unpaired) electrons. The van der Waals surface area contributed by atoms with Crippen LogP contribution in [0.15, 0.2) is 24.3 Å². The summed E-state index contributed by atoms with van der Waals surface area (Å²) in [5.74, 6) is -0.0679. The Labute approximate surface area is 96.0 Å². The predicted octanol–water partition coefficient (Wildman–Crippen LogP) is 1.53. The molecule has 3 heteroatoms. The molecule has 1 aromatic rings. The van der Waals surface area contributed by atoms with E-state index in [1.807, 2.05) is 6.07 Å². The van der Waals surface area contributed by atoms with Gasteiger partial charge in [-0.3, -0.25) is 4.79 Å². The van der Waals surface area contributed by atoms with Gasteiger partial charge in [0.05, 0.1) is 12.1 Å². The average Bonchev–Trinajstić information content (AvgIpc) is 2.29. The van der Waals surface area contributed by atoms with Crippen molar-refractivity contribution in [3.63, 3.8) is 0 Å². The van der Waals surface area contributed by atoms with E-state index in [1.165, 1.54) is 11.1 Å². The van der Waals surface area contributed by atoms with E-state index in [-0.39, 0.29) is 11.9 Å². The Morgan fingerprint density at radius 2 is 2.25 bits per heavy atom. The standard InChI is InChI=1S/C13H18N2O/c1-9(14)13(16)15-12-8-4-6-10-5-2-3-7-11(10)12/h2-3,5,7,9,12H,4,6,8,14H2,1H3,(H,15,16)/t9-,12+/m0/s1. The van der Waals surface area contributed by atoms with Gasteiger partial charge in [0.25, 0.3) is 0 Å². The Bertz CT molecular complexity index is 387. The zero-order chi connectivity index (χ0) is 11.5. The topological polar surface area (TPSA) is 55.1 Å². The number of carbonyl (C=O) groups excluding carboxylic acids is 1. The molecule has 0 spiro atoms. The number of amides is 1. The smallest absolute Gasteiger partial charge is 0.237 e. The van der Waals surface area contributed by atoms with Crippen molar-refractivity contribution in [3.8, 4) is 0 Å². The van der Waals surface area contributed by atoms with Crippen LogP contribution in [0.3, 0.4) is 0 Å². The first kappa shape index (κ1) is 11.1. The van der Waals surface area contributed by atoms with Crippen LogP contribution in [0.1, 0.15) is 36.9 Å². The quantitative estimate of drug-likeness (QED) is 0.791. The number of aryl methyl sites for hydroxylation is 1. The second kappa shape index (κ2) is 4.66. The molecular weight excluding hydrogens is 200 g/mol. The minimum atomic E-state index is -0.436. The summed E-state index contributed by atoms with van der Waals surface area (Å²) in [4.78, 5) is 11.6. The molecule has 2 atom stereocenters. The van der Waals surface area contributed by atoms with Crippen LogP contribution in [-0.2, 0) is 11.2 Å². The van der Waals surface area contributed by atoms with Gasteiger partial charge < -0.3 is 11.1 Å². The first-order valence-corrected chi connectivity index (χ1v) is 5.82. The fourth-order valence-corrected chi connectivity index (χ4v) is 2.21. The summed E-state index contributed by atoms with van der Waals surface area (Å²) in [5.41, 5.74) is 8.16. The maximum Gasteiger partial charge on any atom is 0.237 e. The molecule has 0 heterocycles. The number of hydrogen-bond acceptors (Lipinski definition) is 2. The fraction of sp³-hybridized carbons (Fsp3) is 0.462. The van der Waals surface area contributed by atoms with Crippen LogP contribution in [0.2, 0.25) is 0 Å². The highest BCUT2D eigenvalue weighted by Crippen LogP contribution is 2.29. The molecule has 0 saturated carbocycles. The van der Waals surface area contributed by atoms with Crippen molar-refractivity contribution in [1.29, 1.82) is 0 Å². The third-order valence-corrected chi connectivity index (χ3v) is 3.10. The lowest BCUT2D eigenvalue weighted by Gasteiger charge is -2.26. The SMILES string of the molecule is C[C@H](N)C(=O)N[C@@H]1CCCc2ccccc21. The van der Waals surface area contributed by atoms with Gasteiger partial charge in [-0.05, 0) is 37.3 Å². The Kier molecular flexibility index (Phi) is 3.25. The molecule has 0 saturated heterocycles. The highest BCUT2D eigenvalue weighted by Gasteiger charge is 2.22. The van der Waals surface area contributed by atoms with E-state index >= 15 is 0 Å². The van der Waals surface area contributed by atoms with E-state index < -0.39 is 6.04 Å². The zero-order valence-corrected chi connectivity index (χ0v) is 9.57. The number of nitrogens with one attached hydrogen (secondary N) is 1. The lowest BCUT2D eigenvalue weighted by Crippen LogP contribution is -2.41. The number of nitrogens with two attached hydrogens (primary N) is 1. The summed E-state index contributed by atoms with van der Waals surface area (Å²) >= 11 is 0. The second-order valence-electron chi connectivity index (χ2n) is 4.44. The van der Waals surface area contributed by atoms with Crippen molar-refractivity contribution in [2.24, 2.45) is 5.73 Å². The van der Waals surface area contributed by atoms with Gasteiger partial charge in [0.1, 0.15) is 0 Å². The zero-order valence-electron chi connectivity index (χ0n) is 9.57. The third-order valence-electron chi connectivity index (χ3n) is 3.10. The van der Waals surface area contributed by atoms with Crippen molar-refractivity contribution in [2.45, 2.75) is 38.3 Å². The van der Waals surface area contributed by atoms with Crippen molar-refractivity contribution in [3.05, 3.63) is 35.4 Å². The summed E-state index contributed by atoms with van der Waals surface area (Å²) in [7, 11) is 0. The van der Waals surface area contributed by atoms with Crippen LogP contribution in [0.5, 0.6) is 0 Å². The normalized spacial score (nSPS) is 21.0. The summed E-state index contributed by atoms with van der Waals surface area (Å²) in [6.45, 7) is 1.71. The van der Waals surface area contributed by atoms with Crippen molar-refractivity contribution < 1.29 is 4.79 Å². The maximum atomic E-state index is 11.6. The number of rotatable bonds is 2. The molecule has 2 rings (SSSR count). The van der Waals surface area contributed by atoms with E-state index in [9.17, 15) is 4.79 Å². The largest absolute Gasteiger partial charge is 0.348 e. The summed E-state index contributed by atoms with van der Waals surface area (Å²) < 4.78 is 0.